The number of fused-ring (bicyclic) bond motifs is 2. The number of hydrogen-bond donors (Lipinski definition) is 4. The molecule has 244 valence electrons. The lowest BCUT2D eigenvalue weighted by Crippen LogP contribution is -2.71. The molecular weight excluding hydrogens is 665 g/mol. The molecule has 19 heteroatoms. The number of amides is 3. The first-order valence-corrected chi connectivity index (χ1v) is 15.7. The van der Waals surface area contributed by atoms with Crippen LogP contribution in [0.4, 0.5) is 18.0 Å². The number of nitrogens with one attached hydrogen (secondary N) is 3. The Morgan fingerprint density at radius 2 is 1.83 bits per heavy atom. The van der Waals surface area contributed by atoms with Crippen molar-refractivity contribution >= 4 is 64.7 Å². The standard InChI is InChI=1S/C28H23F3N8O6S2/c1-13(47-28(27(29,30)31)32-12-33-37-28)15-11-46-23-19(22(41)39(23)20(15)24(42)43)35-21(40)18(14-7-3-2-4-8-14)36-26(45)38-17-10-6-5-9-16(17)34-25(38)44/h2-10,12-13,18-19,23H,11H2,1H3,(H,34,44)(H,35,40)(H,36,45)(H,42,43)/t13?,18?,19?,23-,28?/m0/s1. The van der Waals surface area contributed by atoms with Gasteiger partial charge in [-0.3, -0.25) is 14.5 Å². The Hall–Kier alpha value is -4.91. The number of H-pyrrole nitrogens is 1. The minimum absolute atomic E-state index is 0.0430. The number of carbonyl (C=O) groups is 4. The third-order valence-electron chi connectivity index (χ3n) is 7.63. The summed E-state index contributed by atoms with van der Waals surface area (Å²) in [6.45, 7) is 1.36. The maximum absolute atomic E-state index is 13.8. The zero-order chi connectivity index (χ0) is 33.7. The van der Waals surface area contributed by atoms with Gasteiger partial charge in [0.1, 0.15) is 29.5 Å². The number of halogens is 3. The summed E-state index contributed by atoms with van der Waals surface area (Å²) in [7, 11) is 0. The second-order valence-corrected chi connectivity index (χ2v) is 13.1. The molecule has 0 saturated carbocycles. The van der Waals surface area contributed by atoms with Gasteiger partial charge in [0.15, 0.2) is 0 Å². The number of β-lactam (4-membered cyclic amide) rings is 1. The van der Waals surface area contributed by atoms with Crippen molar-refractivity contribution in [1.82, 2.24) is 25.1 Å². The number of alkyl halides is 3. The normalized spacial score (nSPS) is 23.3. The molecule has 0 aliphatic carbocycles. The molecule has 1 saturated heterocycles. The second kappa shape index (κ2) is 12.0. The number of benzene rings is 2. The number of carboxylic acids is 1. The summed E-state index contributed by atoms with van der Waals surface area (Å²) in [5, 5.41) is 19.6. The van der Waals surface area contributed by atoms with Gasteiger partial charge < -0.3 is 20.7 Å². The number of rotatable bonds is 8. The van der Waals surface area contributed by atoms with E-state index >= 15 is 0 Å². The summed E-state index contributed by atoms with van der Waals surface area (Å²) < 4.78 is 42.4. The SMILES string of the molecule is CC(SC1(C(F)(F)F)N=CN=N1)C1=C(C(=O)O)N2C(=O)C(NC(=O)C(NC(=O)n3c(=O)[nH]c4ccccc43)c3ccccc3)[C@@H]2SC1. The molecule has 6 rings (SSSR count). The van der Waals surface area contributed by atoms with Crippen molar-refractivity contribution in [3.63, 3.8) is 0 Å². The van der Waals surface area contributed by atoms with Crippen LogP contribution in [0.15, 0.2) is 85.9 Å². The van der Waals surface area contributed by atoms with Crippen molar-refractivity contribution < 1.29 is 37.5 Å². The number of aliphatic imine (C=N–C) groups is 1. The topological polar surface area (TPSA) is 191 Å². The summed E-state index contributed by atoms with van der Waals surface area (Å²) in [5.74, 6) is -3.23. The van der Waals surface area contributed by atoms with Gasteiger partial charge in [-0.25, -0.2) is 23.9 Å². The number of carboxylic acid groups (broad SMARTS) is 1. The van der Waals surface area contributed by atoms with E-state index < -0.39 is 69.1 Å². The third kappa shape index (κ3) is 5.58. The minimum atomic E-state index is -4.93. The molecule has 1 aromatic heterocycles. The Balaban J connectivity index is 1.23. The highest BCUT2D eigenvalue weighted by Crippen LogP contribution is 2.51. The van der Waals surface area contributed by atoms with Gasteiger partial charge in [0, 0.05) is 11.0 Å². The number of imidazole rings is 1. The minimum Gasteiger partial charge on any atom is -0.477 e. The highest BCUT2D eigenvalue weighted by atomic mass is 32.2. The summed E-state index contributed by atoms with van der Waals surface area (Å²) in [6.07, 6.45) is -4.26. The van der Waals surface area contributed by atoms with Gasteiger partial charge in [0.25, 0.3) is 5.91 Å². The van der Waals surface area contributed by atoms with E-state index in [2.05, 4.69) is 30.8 Å². The smallest absolute Gasteiger partial charge is 0.446 e. The largest absolute Gasteiger partial charge is 0.477 e. The lowest BCUT2D eigenvalue weighted by Gasteiger charge is -2.50. The average molecular weight is 689 g/mol. The maximum Gasteiger partial charge on any atom is 0.446 e. The quantitative estimate of drug-likeness (QED) is 0.260. The summed E-state index contributed by atoms with van der Waals surface area (Å²) in [6, 6.07) is 11.0. The van der Waals surface area contributed by atoms with E-state index in [-0.39, 0.29) is 28.6 Å². The van der Waals surface area contributed by atoms with E-state index in [1.165, 1.54) is 6.92 Å². The van der Waals surface area contributed by atoms with Crippen LogP contribution in [0.25, 0.3) is 11.0 Å². The molecule has 3 aromatic rings. The second-order valence-electron chi connectivity index (χ2n) is 10.5. The molecule has 3 aliphatic rings. The Labute approximate surface area is 270 Å². The fraction of sp³-hybridized carbons (Fsp3) is 0.286. The fourth-order valence-electron chi connectivity index (χ4n) is 5.38. The number of aromatic amines is 1. The molecule has 0 bridgehead atoms. The molecule has 3 aliphatic heterocycles. The van der Waals surface area contributed by atoms with Crippen LogP contribution in [0, 0.1) is 0 Å². The van der Waals surface area contributed by atoms with E-state index in [0.29, 0.717) is 17.4 Å². The lowest BCUT2D eigenvalue weighted by atomic mass is 10.00. The number of carbonyl (C=O) groups excluding carboxylic acids is 3. The van der Waals surface area contributed by atoms with Gasteiger partial charge in [-0.1, -0.05) is 54.2 Å². The molecule has 0 radical (unpaired) electrons. The van der Waals surface area contributed by atoms with Crippen LogP contribution in [-0.2, 0) is 14.4 Å². The first-order chi connectivity index (χ1) is 22.3. The van der Waals surface area contributed by atoms with Crippen LogP contribution >= 0.6 is 23.5 Å². The Kier molecular flexibility index (Phi) is 8.20. The monoisotopic (exact) mass is 688 g/mol. The van der Waals surface area contributed by atoms with Crippen LogP contribution in [0.3, 0.4) is 0 Å². The average Bonchev–Trinajstić information content (AvgIpc) is 3.66. The lowest BCUT2D eigenvalue weighted by molar-refractivity contribution is -0.155. The molecule has 2 aromatic carbocycles. The van der Waals surface area contributed by atoms with Gasteiger partial charge in [0.05, 0.1) is 11.0 Å². The molecule has 4 heterocycles. The van der Waals surface area contributed by atoms with Gasteiger partial charge in [-0.05, 0) is 30.2 Å². The van der Waals surface area contributed by atoms with Crippen molar-refractivity contribution in [2.75, 3.05) is 5.75 Å². The van der Waals surface area contributed by atoms with Crippen LogP contribution < -0.4 is 16.3 Å². The molecule has 0 spiro atoms. The zero-order valence-electron chi connectivity index (χ0n) is 24.0. The summed E-state index contributed by atoms with van der Waals surface area (Å²) >= 11 is 1.30. The van der Waals surface area contributed by atoms with Gasteiger partial charge in [-0.2, -0.15) is 13.2 Å². The Bertz CT molecular complexity index is 1930. The van der Waals surface area contributed by atoms with E-state index in [4.69, 9.17) is 0 Å². The number of aromatic nitrogens is 2. The highest BCUT2D eigenvalue weighted by molar-refractivity contribution is 8.02. The van der Waals surface area contributed by atoms with Crippen LogP contribution in [-0.4, -0.2) is 83.3 Å². The number of aliphatic carboxylic acids is 1. The maximum atomic E-state index is 13.8. The molecule has 14 nitrogen and oxygen atoms in total. The Morgan fingerprint density at radius 1 is 1.13 bits per heavy atom. The van der Waals surface area contributed by atoms with Crippen LogP contribution in [0.5, 0.6) is 0 Å². The predicted octanol–water partition coefficient (Wildman–Crippen LogP) is 3.20. The summed E-state index contributed by atoms with van der Waals surface area (Å²) in [4.78, 5) is 69.2. The number of hydrogen-bond acceptors (Lipinski definition) is 10. The molecule has 5 atom stereocenters. The number of thioether (sulfide) groups is 2. The molecular formula is C28H23F3N8O6S2. The molecule has 1 fully saturated rings. The zero-order valence-corrected chi connectivity index (χ0v) is 25.6. The van der Waals surface area contributed by atoms with Gasteiger partial charge in [-0.15, -0.1) is 22.0 Å². The molecule has 3 amide bonds. The van der Waals surface area contributed by atoms with Crippen molar-refractivity contribution in [2.45, 2.75) is 40.8 Å². The van der Waals surface area contributed by atoms with Crippen molar-refractivity contribution in [3.05, 3.63) is 81.9 Å². The van der Waals surface area contributed by atoms with E-state index in [0.717, 1.165) is 21.2 Å². The molecule has 4 unspecified atom stereocenters. The van der Waals surface area contributed by atoms with Gasteiger partial charge in [0.2, 0.25) is 5.91 Å². The van der Waals surface area contributed by atoms with Crippen molar-refractivity contribution in [1.29, 1.82) is 0 Å². The first-order valence-electron chi connectivity index (χ1n) is 13.8. The van der Waals surface area contributed by atoms with Crippen molar-refractivity contribution in [2.24, 2.45) is 15.2 Å². The number of para-hydroxylation sites is 2. The summed E-state index contributed by atoms with van der Waals surface area (Å²) in [5.41, 5.74) is -0.194. The third-order valence-corrected chi connectivity index (χ3v) is 10.3. The molecule has 47 heavy (non-hydrogen) atoms. The fourth-order valence-corrected chi connectivity index (χ4v) is 8.13. The molecule has 4 N–H and O–H groups in total. The Morgan fingerprint density at radius 3 is 2.49 bits per heavy atom. The van der Waals surface area contributed by atoms with Crippen molar-refractivity contribution in [3.8, 4) is 0 Å². The number of nitrogens with zero attached hydrogens (tertiary/aromatic N) is 5. The van der Waals surface area contributed by atoms with Crippen LogP contribution in [0.1, 0.15) is 18.5 Å². The van der Waals surface area contributed by atoms with E-state index in [9.17, 15) is 42.3 Å². The van der Waals surface area contributed by atoms with Crippen LogP contribution in [0.2, 0.25) is 0 Å². The van der Waals surface area contributed by atoms with Gasteiger partial charge >= 0.3 is 28.9 Å². The predicted molar refractivity (Wildman–Crippen MR) is 165 cm³/mol. The van der Waals surface area contributed by atoms with E-state index in [1.54, 1.807) is 54.6 Å². The highest BCUT2D eigenvalue weighted by Gasteiger charge is 2.60. The first kappa shape index (κ1) is 32.0. The number of azo groups is 1. The van der Waals surface area contributed by atoms with E-state index in [1.807, 2.05) is 0 Å².